The number of fused-ring (bicyclic) bond motifs is 1. The molecule has 1 atom stereocenters. The number of carbonyl (C=O) groups excluding carboxylic acids is 1. The predicted octanol–water partition coefficient (Wildman–Crippen LogP) is 1.25. The van der Waals surface area contributed by atoms with Gasteiger partial charge in [0.2, 0.25) is 5.91 Å². The highest BCUT2D eigenvalue weighted by molar-refractivity contribution is 5.86. The summed E-state index contributed by atoms with van der Waals surface area (Å²) >= 11 is 0. The minimum absolute atomic E-state index is 0.00315. The molecule has 0 saturated heterocycles. The Hall–Kier alpha value is -3.09. The summed E-state index contributed by atoms with van der Waals surface area (Å²) in [6.07, 6.45) is 3.43. The molecule has 1 unspecified atom stereocenters. The first-order chi connectivity index (χ1) is 13.7. The Bertz CT molecular complexity index is 784. The van der Waals surface area contributed by atoms with Crippen LogP contribution in [0.25, 0.3) is 0 Å². The molecule has 7 nitrogen and oxygen atoms in total. The zero-order valence-electron chi connectivity index (χ0n) is 16.4. The number of benzene rings is 1. The molecule has 28 heavy (non-hydrogen) atoms. The Morgan fingerprint density at radius 3 is 2.82 bits per heavy atom. The Labute approximate surface area is 165 Å². The van der Waals surface area contributed by atoms with E-state index in [1.165, 1.54) is 5.56 Å². The lowest BCUT2D eigenvalue weighted by Gasteiger charge is -2.19. The van der Waals surface area contributed by atoms with E-state index < -0.39 is 0 Å². The number of aliphatic imine (C=N–C) groups is 1. The first kappa shape index (κ1) is 19.7. The zero-order valence-corrected chi connectivity index (χ0v) is 16.4. The number of likely N-dealkylation sites (N-methyl/N-ethyl adjacent to an activating group) is 1. The van der Waals surface area contributed by atoms with Crippen LogP contribution in [-0.2, 0) is 17.6 Å². The molecule has 0 radical (unpaired) electrons. The molecule has 1 aromatic carbocycles. The molecule has 2 aromatic rings. The molecule has 1 aromatic heterocycles. The van der Waals surface area contributed by atoms with Crippen LogP contribution in [0, 0.1) is 0 Å². The fourth-order valence-corrected chi connectivity index (χ4v) is 3.05. The highest BCUT2D eigenvalue weighted by atomic mass is 16.5. The van der Waals surface area contributed by atoms with Crippen molar-refractivity contribution in [3.05, 3.63) is 59.9 Å². The monoisotopic (exact) mass is 381 g/mol. The van der Waals surface area contributed by atoms with Gasteiger partial charge < -0.3 is 20.3 Å². The Morgan fingerprint density at radius 2 is 2.07 bits per heavy atom. The standard InChI is InChI=1S/C21H27N5O2/c1-22-21(24-14-18-13-16-7-3-4-9-19(16)28-18)25-15-20(27)26(2)12-10-17-8-5-6-11-23-17/h3-9,11,18H,10,12-15H2,1-2H3,(H2,22,24,25). The number of hydrogen-bond donors (Lipinski definition) is 2. The van der Waals surface area contributed by atoms with Gasteiger partial charge in [0.05, 0.1) is 13.1 Å². The van der Waals surface area contributed by atoms with Gasteiger partial charge in [-0.2, -0.15) is 0 Å². The summed E-state index contributed by atoms with van der Waals surface area (Å²) in [5.74, 6) is 1.54. The molecule has 148 valence electrons. The van der Waals surface area contributed by atoms with Crippen molar-refractivity contribution >= 4 is 11.9 Å². The third-order valence-electron chi connectivity index (χ3n) is 4.70. The van der Waals surface area contributed by atoms with Gasteiger partial charge in [0.25, 0.3) is 0 Å². The van der Waals surface area contributed by atoms with E-state index in [1.807, 2.05) is 36.4 Å². The third kappa shape index (κ3) is 5.45. The summed E-state index contributed by atoms with van der Waals surface area (Å²) in [5, 5.41) is 6.30. The van der Waals surface area contributed by atoms with E-state index in [0.717, 1.165) is 24.3 Å². The van der Waals surface area contributed by atoms with Crippen LogP contribution in [0.1, 0.15) is 11.3 Å². The maximum absolute atomic E-state index is 12.3. The molecule has 7 heteroatoms. The molecule has 0 bridgehead atoms. The third-order valence-corrected chi connectivity index (χ3v) is 4.70. The number of ether oxygens (including phenoxy) is 1. The van der Waals surface area contributed by atoms with Crippen LogP contribution in [0.3, 0.4) is 0 Å². The van der Waals surface area contributed by atoms with Gasteiger partial charge in [-0.05, 0) is 23.8 Å². The van der Waals surface area contributed by atoms with Crippen LogP contribution < -0.4 is 15.4 Å². The number of guanidine groups is 1. The lowest BCUT2D eigenvalue weighted by Crippen LogP contribution is -2.46. The Morgan fingerprint density at radius 1 is 1.25 bits per heavy atom. The van der Waals surface area contributed by atoms with Crippen molar-refractivity contribution < 1.29 is 9.53 Å². The van der Waals surface area contributed by atoms with Crippen molar-refractivity contribution in [3.8, 4) is 5.75 Å². The Kier molecular flexibility index (Phi) is 6.84. The lowest BCUT2D eigenvalue weighted by molar-refractivity contribution is -0.128. The second-order valence-corrected chi connectivity index (χ2v) is 6.74. The van der Waals surface area contributed by atoms with E-state index in [2.05, 4.69) is 26.7 Å². The highest BCUT2D eigenvalue weighted by Crippen LogP contribution is 2.27. The maximum atomic E-state index is 12.3. The van der Waals surface area contributed by atoms with E-state index in [9.17, 15) is 4.79 Å². The number of aromatic nitrogens is 1. The van der Waals surface area contributed by atoms with Gasteiger partial charge >= 0.3 is 0 Å². The topological polar surface area (TPSA) is 78.9 Å². The van der Waals surface area contributed by atoms with Gasteiger partial charge in [-0.3, -0.25) is 14.8 Å². The molecule has 1 amide bonds. The van der Waals surface area contributed by atoms with Gasteiger partial charge in [0, 0.05) is 45.4 Å². The summed E-state index contributed by atoms with van der Waals surface area (Å²) in [6, 6.07) is 13.9. The minimum atomic E-state index is 0.00315. The molecule has 0 fully saturated rings. The van der Waals surface area contributed by atoms with Crippen molar-refractivity contribution in [1.82, 2.24) is 20.5 Å². The van der Waals surface area contributed by atoms with Crippen molar-refractivity contribution in [1.29, 1.82) is 0 Å². The smallest absolute Gasteiger partial charge is 0.241 e. The minimum Gasteiger partial charge on any atom is -0.488 e. The molecule has 2 heterocycles. The van der Waals surface area contributed by atoms with Crippen molar-refractivity contribution in [2.24, 2.45) is 4.99 Å². The maximum Gasteiger partial charge on any atom is 0.241 e. The molecule has 1 aliphatic rings. The summed E-state index contributed by atoms with van der Waals surface area (Å²) in [6.45, 7) is 1.43. The molecule has 1 aliphatic heterocycles. The summed E-state index contributed by atoms with van der Waals surface area (Å²) in [7, 11) is 3.49. The van der Waals surface area contributed by atoms with E-state index in [0.29, 0.717) is 19.0 Å². The fraction of sp³-hybridized carbons (Fsp3) is 0.381. The van der Waals surface area contributed by atoms with Crippen LogP contribution in [0.5, 0.6) is 5.75 Å². The van der Waals surface area contributed by atoms with Crippen LogP contribution in [0.2, 0.25) is 0 Å². The highest BCUT2D eigenvalue weighted by Gasteiger charge is 2.22. The number of pyridine rings is 1. The largest absolute Gasteiger partial charge is 0.488 e. The number of nitrogens with zero attached hydrogens (tertiary/aromatic N) is 3. The summed E-state index contributed by atoms with van der Waals surface area (Å²) in [4.78, 5) is 22.5. The van der Waals surface area contributed by atoms with Crippen molar-refractivity contribution in [2.45, 2.75) is 18.9 Å². The molecular weight excluding hydrogens is 354 g/mol. The molecule has 0 spiro atoms. The Balaban J connectivity index is 1.37. The van der Waals surface area contributed by atoms with Crippen LogP contribution in [0.15, 0.2) is 53.7 Å². The predicted molar refractivity (Wildman–Crippen MR) is 110 cm³/mol. The number of carbonyl (C=O) groups is 1. The van der Waals surface area contributed by atoms with Gasteiger partial charge in [-0.1, -0.05) is 24.3 Å². The normalized spacial score (nSPS) is 15.5. The summed E-state index contributed by atoms with van der Waals surface area (Å²) < 4.78 is 5.91. The molecule has 3 rings (SSSR count). The van der Waals surface area contributed by atoms with Gasteiger partial charge in [0.15, 0.2) is 5.96 Å². The number of hydrogen-bond acceptors (Lipinski definition) is 4. The van der Waals surface area contributed by atoms with Crippen LogP contribution in [-0.4, -0.2) is 61.6 Å². The molecule has 0 saturated carbocycles. The average molecular weight is 381 g/mol. The second-order valence-electron chi connectivity index (χ2n) is 6.74. The van der Waals surface area contributed by atoms with Gasteiger partial charge in [-0.15, -0.1) is 0 Å². The molecule has 2 N–H and O–H groups in total. The van der Waals surface area contributed by atoms with E-state index in [1.54, 1.807) is 25.2 Å². The van der Waals surface area contributed by atoms with E-state index in [-0.39, 0.29) is 18.6 Å². The molecule has 0 aliphatic carbocycles. The van der Waals surface area contributed by atoms with E-state index >= 15 is 0 Å². The van der Waals surface area contributed by atoms with Crippen molar-refractivity contribution in [3.63, 3.8) is 0 Å². The molecular formula is C21H27N5O2. The second kappa shape index (κ2) is 9.73. The van der Waals surface area contributed by atoms with Crippen molar-refractivity contribution in [2.75, 3.05) is 33.7 Å². The quantitative estimate of drug-likeness (QED) is 0.558. The van der Waals surface area contributed by atoms with Gasteiger partial charge in [0.1, 0.15) is 11.9 Å². The van der Waals surface area contributed by atoms with Crippen LogP contribution in [0.4, 0.5) is 0 Å². The van der Waals surface area contributed by atoms with Gasteiger partial charge in [-0.25, -0.2) is 0 Å². The summed E-state index contributed by atoms with van der Waals surface area (Å²) in [5.41, 5.74) is 2.20. The SMILES string of the molecule is CN=C(NCC(=O)N(C)CCc1ccccn1)NCC1Cc2ccccc2O1. The number of amides is 1. The average Bonchev–Trinajstić information content (AvgIpc) is 3.15. The first-order valence-corrected chi connectivity index (χ1v) is 9.48. The number of nitrogens with one attached hydrogen (secondary N) is 2. The van der Waals surface area contributed by atoms with E-state index in [4.69, 9.17) is 4.74 Å². The number of rotatable bonds is 7. The van der Waals surface area contributed by atoms with Crippen LogP contribution >= 0.6 is 0 Å². The first-order valence-electron chi connectivity index (χ1n) is 9.48. The lowest BCUT2D eigenvalue weighted by atomic mass is 10.1. The fourth-order valence-electron chi connectivity index (χ4n) is 3.05. The number of para-hydroxylation sites is 1. The zero-order chi connectivity index (χ0) is 19.8.